The molecule has 0 atom stereocenters. The third-order valence-corrected chi connectivity index (χ3v) is 7.34. The molecule has 214 valence electrons. The van der Waals surface area contributed by atoms with Crippen molar-refractivity contribution < 1.29 is 22.6 Å². The van der Waals surface area contributed by atoms with Crippen LogP contribution in [0.1, 0.15) is 22.5 Å². The number of nitrogens with zero attached hydrogens (tertiary/aromatic N) is 8. The van der Waals surface area contributed by atoms with Crippen molar-refractivity contribution >= 4 is 46.7 Å². The van der Waals surface area contributed by atoms with E-state index < -0.39 is 17.6 Å². The van der Waals surface area contributed by atoms with Gasteiger partial charge >= 0.3 is 6.18 Å². The van der Waals surface area contributed by atoms with Gasteiger partial charge in [-0.25, -0.2) is 9.36 Å². The van der Waals surface area contributed by atoms with Crippen molar-refractivity contribution in [2.75, 3.05) is 14.2 Å². The number of nitriles is 2. The highest BCUT2D eigenvalue weighted by molar-refractivity contribution is 8.04. The normalized spacial score (nSPS) is 10.8. The summed E-state index contributed by atoms with van der Waals surface area (Å²) in [7, 11) is 2.60. The second-order valence-corrected chi connectivity index (χ2v) is 10.3. The van der Waals surface area contributed by atoms with Crippen LogP contribution in [0, 0.1) is 42.1 Å². The quantitative estimate of drug-likeness (QED) is 0.161. The molecule has 10 nitrogen and oxygen atoms in total. The Balaban J connectivity index is 0.000000228. The molecule has 4 rings (SSSR count). The zero-order chi connectivity index (χ0) is 30.5. The van der Waals surface area contributed by atoms with Gasteiger partial charge in [-0.2, -0.15) is 43.9 Å². The van der Waals surface area contributed by atoms with E-state index >= 15 is 0 Å². The lowest BCUT2D eigenvalue weighted by Gasteiger charge is -2.14. The topological polar surface area (TPSA) is 127 Å². The minimum atomic E-state index is -4.64. The predicted octanol–water partition coefficient (Wildman–Crippen LogP) is 6.95. The summed E-state index contributed by atoms with van der Waals surface area (Å²) in [5.41, 5.74) is 1.19. The molecule has 0 aliphatic heterocycles. The highest BCUT2D eigenvalue weighted by Gasteiger charge is 2.36. The van der Waals surface area contributed by atoms with Crippen molar-refractivity contribution in [3.63, 3.8) is 0 Å². The van der Waals surface area contributed by atoms with E-state index in [4.69, 9.17) is 43.2 Å². The second kappa shape index (κ2) is 13.4. The van der Waals surface area contributed by atoms with Crippen LogP contribution in [0.2, 0.25) is 10.0 Å². The Labute approximate surface area is 251 Å². The molecule has 0 saturated carbocycles. The number of aromatic nitrogens is 6. The summed E-state index contributed by atoms with van der Waals surface area (Å²) in [6, 6.07) is 2.52. The molecule has 0 aromatic carbocycles. The van der Waals surface area contributed by atoms with Crippen molar-refractivity contribution in [2.45, 2.75) is 36.7 Å². The van der Waals surface area contributed by atoms with Gasteiger partial charge in [-0.1, -0.05) is 23.2 Å². The highest BCUT2D eigenvalue weighted by atomic mass is 35.5. The number of halogens is 5. The lowest BCUT2D eigenvalue weighted by Crippen LogP contribution is -2.12. The number of aryl methyl sites for hydroxylation is 1. The van der Waals surface area contributed by atoms with Crippen molar-refractivity contribution in [2.24, 2.45) is 0 Å². The lowest BCUT2D eigenvalue weighted by atomic mass is 10.2. The average molecular weight is 644 g/mol. The van der Waals surface area contributed by atoms with Crippen LogP contribution >= 0.6 is 46.7 Å². The Hall–Kier alpha value is -3.63. The van der Waals surface area contributed by atoms with Crippen LogP contribution in [0.3, 0.4) is 0 Å². The third kappa shape index (κ3) is 7.00. The maximum Gasteiger partial charge on any atom is 0.421 e. The molecule has 0 N–H and O–H groups in total. The van der Waals surface area contributed by atoms with E-state index in [0.29, 0.717) is 27.3 Å². The molecule has 17 heteroatoms. The number of rotatable bonds is 6. The Bertz CT molecular complexity index is 1660. The fourth-order valence-electron chi connectivity index (χ4n) is 3.40. The largest absolute Gasteiger partial charge is 0.481 e. The number of ether oxygens (including phenoxy) is 2. The summed E-state index contributed by atoms with van der Waals surface area (Å²) in [6.07, 6.45) is -1.59. The van der Waals surface area contributed by atoms with Crippen LogP contribution in [0.25, 0.3) is 11.6 Å². The van der Waals surface area contributed by atoms with Gasteiger partial charge in [-0.3, -0.25) is 0 Å². The van der Waals surface area contributed by atoms with E-state index in [1.807, 2.05) is 24.6 Å². The first-order valence-electron chi connectivity index (χ1n) is 11.1. The molecule has 0 fully saturated rings. The molecule has 0 saturated heterocycles. The van der Waals surface area contributed by atoms with Crippen LogP contribution in [-0.4, -0.2) is 43.7 Å². The number of alkyl halides is 3. The second-order valence-electron chi connectivity index (χ2n) is 7.87. The van der Waals surface area contributed by atoms with Crippen LogP contribution in [0.4, 0.5) is 13.2 Å². The molecule has 4 aromatic rings. The number of thiocyanates is 2. The van der Waals surface area contributed by atoms with E-state index in [1.54, 1.807) is 23.9 Å². The fraction of sp³-hybridized carbons (Fsp3) is 0.250. The summed E-state index contributed by atoms with van der Waals surface area (Å²) >= 11 is 13.9. The molecule has 0 aliphatic carbocycles. The van der Waals surface area contributed by atoms with Gasteiger partial charge in [0.05, 0.1) is 52.8 Å². The first-order valence-corrected chi connectivity index (χ1v) is 13.5. The predicted molar refractivity (Wildman–Crippen MR) is 148 cm³/mol. The summed E-state index contributed by atoms with van der Waals surface area (Å²) in [4.78, 5) is 9.50. The summed E-state index contributed by atoms with van der Waals surface area (Å²) in [5, 5.41) is 29.8. The first kappa shape index (κ1) is 31.9. The van der Waals surface area contributed by atoms with Gasteiger partial charge in [0.15, 0.2) is 11.6 Å². The molecule has 0 radical (unpaired) electrons. The lowest BCUT2D eigenvalue weighted by molar-refractivity contribution is -0.139. The maximum absolute atomic E-state index is 12.9. The van der Waals surface area contributed by atoms with Gasteiger partial charge in [0.1, 0.15) is 21.4 Å². The van der Waals surface area contributed by atoms with Gasteiger partial charge in [0.2, 0.25) is 11.8 Å². The molecule has 0 aliphatic rings. The number of hydrogen-bond donors (Lipinski definition) is 0. The third-order valence-electron chi connectivity index (χ3n) is 5.36. The SMILES string of the molecule is COc1nc(-n2ncc(SC#N)c2C)c(C)cc1Cl.COc1nc(-n2ncc(SC#N)c2C)c(Cl)cc1C(F)(F)F. The smallest absolute Gasteiger partial charge is 0.421 e. The van der Waals surface area contributed by atoms with Crippen molar-refractivity contribution in [1.82, 2.24) is 29.5 Å². The minimum absolute atomic E-state index is 0.00573. The van der Waals surface area contributed by atoms with E-state index in [0.717, 1.165) is 52.9 Å². The number of pyridine rings is 2. The van der Waals surface area contributed by atoms with E-state index in [2.05, 4.69) is 20.2 Å². The Kier molecular flexibility index (Phi) is 10.4. The van der Waals surface area contributed by atoms with Crippen LogP contribution in [0.15, 0.2) is 34.3 Å². The molecule has 4 aromatic heterocycles. The van der Waals surface area contributed by atoms with E-state index in [9.17, 15) is 13.2 Å². The van der Waals surface area contributed by atoms with Gasteiger partial charge < -0.3 is 9.47 Å². The molecule has 0 amide bonds. The Morgan fingerprint density at radius 3 is 1.76 bits per heavy atom. The number of methoxy groups -OCH3 is 2. The van der Waals surface area contributed by atoms with Gasteiger partial charge in [0, 0.05) is 0 Å². The number of hydrogen-bond acceptors (Lipinski definition) is 10. The fourth-order valence-corrected chi connectivity index (χ4v) is 4.78. The molecular weight excluding hydrogens is 624 g/mol. The zero-order valence-corrected chi connectivity index (χ0v) is 25.1. The van der Waals surface area contributed by atoms with Crippen LogP contribution in [-0.2, 0) is 6.18 Å². The average Bonchev–Trinajstić information content (AvgIpc) is 3.46. The molecule has 4 heterocycles. The maximum atomic E-state index is 12.9. The molecule has 0 unspecified atom stereocenters. The van der Waals surface area contributed by atoms with E-state index in [1.165, 1.54) is 18.0 Å². The molecule has 0 spiro atoms. The summed E-state index contributed by atoms with van der Waals surface area (Å²) in [5.74, 6) is 0.389. The summed E-state index contributed by atoms with van der Waals surface area (Å²) in [6.45, 7) is 5.43. The van der Waals surface area contributed by atoms with Gasteiger partial charge in [-0.05, 0) is 62.0 Å². The Morgan fingerprint density at radius 2 is 1.29 bits per heavy atom. The van der Waals surface area contributed by atoms with Crippen molar-refractivity contribution in [3.05, 3.63) is 57.1 Å². The van der Waals surface area contributed by atoms with E-state index in [-0.39, 0.29) is 10.8 Å². The van der Waals surface area contributed by atoms with Crippen molar-refractivity contribution in [1.29, 1.82) is 10.5 Å². The van der Waals surface area contributed by atoms with Crippen LogP contribution in [0.5, 0.6) is 11.8 Å². The van der Waals surface area contributed by atoms with Crippen LogP contribution < -0.4 is 9.47 Å². The van der Waals surface area contributed by atoms with Gasteiger partial charge in [0.25, 0.3) is 0 Å². The van der Waals surface area contributed by atoms with Gasteiger partial charge in [-0.15, -0.1) is 0 Å². The molecule has 0 bridgehead atoms. The standard InChI is InChI=1S/C12H8ClF3N4OS.C12H11ClN4OS/c1-6-9(22-5-17)4-18-20(6)10-8(13)3-7(12(14,15)16)11(19-10)21-2;1-7-4-9(13)12(18-3)16-11(7)17-8(2)10(5-15-17)19-6-14/h3-4H,1-2H3;4-5H,1-3H3. The zero-order valence-electron chi connectivity index (χ0n) is 21.9. The Morgan fingerprint density at radius 1 is 0.805 bits per heavy atom. The highest BCUT2D eigenvalue weighted by Crippen LogP contribution is 2.38. The minimum Gasteiger partial charge on any atom is -0.481 e. The molecular formula is C24H19Cl2F3N8O2S2. The first-order chi connectivity index (χ1) is 19.4. The molecule has 41 heavy (non-hydrogen) atoms. The number of thioether (sulfide) groups is 2. The summed E-state index contributed by atoms with van der Waals surface area (Å²) < 4.78 is 51.4. The monoisotopic (exact) mass is 642 g/mol. The van der Waals surface area contributed by atoms with Crippen molar-refractivity contribution in [3.8, 4) is 34.2 Å².